The topological polar surface area (TPSA) is 29.9 Å². The quantitative estimate of drug-likeness (QED) is 0.793. The smallest absolute Gasteiger partial charge is 0.0847 e. The van der Waals surface area contributed by atoms with Crippen LogP contribution in [-0.4, -0.2) is 22.9 Å². The van der Waals surface area contributed by atoms with Crippen LogP contribution in [0.15, 0.2) is 0 Å². The molecule has 0 aromatic carbocycles. The molecule has 0 bridgehead atoms. The molecule has 4 heteroatoms. The van der Waals surface area contributed by atoms with Gasteiger partial charge in [-0.05, 0) is 44.6 Å². The van der Waals surface area contributed by atoms with E-state index in [9.17, 15) is 0 Å². The van der Waals surface area contributed by atoms with Gasteiger partial charge in [0.25, 0.3) is 0 Å². The second-order valence-corrected chi connectivity index (χ2v) is 5.70. The molecule has 1 aromatic rings. The summed E-state index contributed by atoms with van der Waals surface area (Å²) in [6.45, 7) is 6.40. The Kier molecular flexibility index (Phi) is 3.79. The third-order valence-corrected chi connectivity index (χ3v) is 4.18. The lowest BCUT2D eigenvalue weighted by molar-refractivity contribution is 0.442. The SMILES string of the molecule is CCCNCC1(Cc2c(Cl)c(C)nn2C)CC1. The Balaban J connectivity index is 2.00. The minimum Gasteiger partial charge on any atom is -0.316 e. The third-order valence-electron chi connectivity index (χ3n) is 3.69. The first-order chi connectivity index (χ1) is 8.08. The van der Waals surface area contributed by atoms with Crippen molar-refractivity contribution in [2.75, 3.05) is 13.1 Å². The average Bonchev–Trinajstić information content (AvgIpc) is 3.00. The maximum atomic E-state index is 6.31. The van der Waals surface area contributed by atoms with Crippen LogP contribution in [0.25, 0.3) is 0 Å². The van der Waals surface area contributed by atoms with Crippen molar-refractivity contribution >= 4 is 11.6 Å². The fourth-order valence-corrected chi connectivity index (χ4v) is 2.58. The van der Waals surface area contributed by atoms with Gasteiger partial charge >= 0.3 is 0 Å². The fraction of sp³-hybridized carbons (Fsp3) is 0.769. The van der Waals surface area contributed by atoms with Gasteiger partial charge in [0.15, 0.2) is 0 Å². The summed E-state index contributed by atoms with van der Waals surface area (Å²) in [5.74, 6) is 0. The van der Waals surface area contributed by atoms with Gasteiger partial charge < -0.3 is 5.32 Å². The molecule has 0 saturated heterocycles. The van der Waals surface area contributed by atoms with Gasteiger partial charge in [-0.15, -0.1) is 0 Å². The largest absolute Gasteiger partial charge is 0.316 e. The molecule has 1 saturated carbocycles. The van der Waals surface area contributed by atoms with E-state index in [2.05, 4.69) is 17.3 Å². The molecule has 96 valence electrons. The number of aryl methyl sites for hydroxylation is 2. The van der Waals surface area contributed by atoms with Gasteiger partial charge in [-0.1, -0.05) is 18.5 Å². The van der Waals surface area contributed by atoms with Crippen molar-refractivity contribution in [3.8, 4) is 0 Å². The van der Waals surface area contributed by atoms with Gasteiger partial charge in [0.2, 0.25) is 0 Å². The lowest BCUT2D eigenvalue weighted by atomic mass is 10.00. The van der Waals surface area contributed by atoms with E-state index in [-0.39, 0.29) is 0 Å². The van der Waals surface area contributed by atoms with E-state index in [1.165, 1.54) is 25.0 Å². The molecule has 2 rings (SSSR count). The van der Waals surface area contributed by atoms with Gasteiger partial charge in [0, 0.05) is 13.6 Å². The van der Waals surface area contributed by atoms with Crippen molar-refractivity contribution in [2.45, 2.75) is 39.5 Å². The van der Waals surface area contributed by atoms with Gasteiger partial charge in [-0.25, -0.2) is 0 Å². The lowest BCUT2D eigenvalue weighted by Gasteiger charge is -2.16. The predicted octanol–water partition coefficient (Wildman–Crippen LogP) is 2.70. The van der Waals surface area contributed by atoms with Crippen molar-refractivity contribution in [1.29, 1.82) is 0 Å². The molecule has 0 radical (unpaired) electrons. The third kappa shape index (κ3) is 2.83. The molecule has 0 atom stereocenters. The summed E-state index contributed by atoms with van der Waals surface area (Å²) in [6.07, 6.45) is 4.87. The monoisotopic (exact) mass is 255 g/mol. The van der Waals surface area contributed by atoms with Crippen LogP contribution in [0.1, 0.15) is 37.6 Å². The Bertz CT molecular complexity index is 394. The fourth-order valence-electron chi connectivity index (χ4n) is 2.35. The molecular formula is C13H22ClN3. The number of halogens is 1. The Hall–Kier alpha value is -0.540. The minimum absolute atomic E-state index is 0.443. The number of nitrogens with zero attached hydrogens (tertiary/aromatic N) is 2. The van der Waals surface area contributed by atoms with E-state index in [0.29, 0.717) is 5.41 Å². The first-order valence-electron chi connectivity index (χ1n) is 6.47. The summed E-state index contributed by atoms with van der Waals surface area (Å²) in [4.78, 5) is 0. The summed E-state index contributed by atoms with van der Waals surface area (Å²) in [5.41, 5.74) is 2.58. The first-order valence-corrected chi connectivity index (χ1v) is 6.84. The molecule has 0 unspecified atom stereocenters. The molecule has 0 aliphatic heterocycles. The van der Waals surface area contributed by atoms with E-state index in [0.717, 1.165) is 30.2 Å². The summed E-state index contributed by atoms with van der Waals surface area (Å²) in [5, 5.41) is 8.77. The zero-order chi connectivity index (χ0) is 12.5. The highest BCUT2D eigenvalue weighted by Crippen LogP contribution is 2.48. The van der Waals surface area contributed by atoms with Crippen LogP contribution < -0.4 is 5.32 Å². The number of hydrogen-bond acceptors (Lipinski definition) is 2. The van der Waals surface area contributed by atoms with Crippen molar-refractivity contribution in [1.82, 2.24) is 15.1 Å². The van der Waals surface area contributed by atoms with Crippen LogP contribution in [0.3, 0.4) is 0 Å². The van der Waals surface area contributed by atoms with E-state index >= 15 is 0 Å². The summed E-state index contributed by atoms with van der Waals surface area (Å²) >= 11 is 6.31. The molecule has 1 fully saturated rings. The molecule has 17 heavy (non-hydrogen) atoms. The standard InChI is InChI=1S/C13H22ClN3/c1-4-7-15-9-13(5-6-13)8-11-12(14)10(2)16-17(11)3/h15H,4-9H2,1-3H3. The highest BCUT2D eigenvalue weighted by Gasteiger charge is 2.43. The second-order valence-electron chi connectivity index (χ2n) is 5.32. The van der Waals surface area contributed by atoms with E-state index in [4.69, 9.17) is 11.6 Å². The summed E-state index contributed by atoms with van der Waals surface area (Å²) in [6, 6.07) is 0. The van der Waals surface area contributed by atoms with E-state index in [1.807, 2.05) is 18.7 Å². The summed E-state index contributed by atoms with van der Waals surface area (Å²) < 4.78 is 1.94. The molecule has 1 aromatic heterocycles. The molecule has 0 amide bonds. The highest BCUT2D eigenvalue weighted by atomic mass is 35.5. The van der Waals surface area contributed by atoms with Crippen LogP contribution >= 0.6 is 11.6 Å². The van der Waals surface area contributed by atoms with Gasteiger partial charge in [0.05, 0.1) is 16.4 Å². The Morgan fingerprint density at radius 2 is 2.18 bits per heavy atom. The Morgan fingerprint density at radius 3 is 2.65 bits per heavy atom. The molecule has 1 N–H and O–H groups in total. The minimum atomic E-state index is 0.443. The molecule has 3 nitrogen and oxygen atoms in total. The van der Waals surface area contributed by atoms with Crippen molar-refractivity contribution in [2.24, 2.45) is 12.5 Å². The van der Waals surface area contributed by atoms with Crippen LogP contribution in [0.5, 0.6) is 0 Å². The summed E-state index contributed by atoms with van der Waals surface area (Å²) in [7, 11) is 1.99. The second kappa shape index (κ2) is 4.99. The normalized spacial score (nSPS) is 17.4. The van der Waals surface area contributed by atoms with Crippen LogP contribution in [0, 0.1) is 12.3 Å². The van der Waals surface area contributed by atoms with E-state index in [1.54, 1.807) is 0 Å². The number of aromatic nitrogens is 2. The van der Waals surface area contributed by atoms with Crippen LogP contribution in [0.2, 0.25) is 5.02 Å². The molecule has 1 aliphatic carbocycles. The Labute approximate surface area is 109 Å². The highest BCUT2D eigenvalue weighted by molar-refractivity contribution is 6.31. The lowest BCUT2D eigenvalue weighted by Crippen LogP contribution is -2.26. The first kappa shape index (κ1) is 12.9. The zero-order valence-electron chi connectivity index (χ0n) is 11.0. The Morgan fingerprint density at radius 1 is 1.47 bits per heavy atom. The maximum Gasteiger partial charge on any atom is 0.0847 e. The number of nitrogens with one attached hydrogen (secondary N) is 1. The van der Waals surface area contributed by atoms with Gasteiger partial charge in [-0.3, -0.25) is 4.68 Å². The molecule has 1 heterocycles. The van der Waals surface area contributed by atoms with Crippen molar-refractivity contribution in [3.05, 3.63) is 16.4 Å². The van der Waals surface area contributed by atoms with Gasteiger partial charge in [-0.2, -0.15) is 5.10 Å². The zero-order valence-corrected chi connectivity index (χ0v) is 11.8. The molecule has 1 aliphatic rings. The van der Waals surface area contributed by atoms with E-state index < -0.39 is 0 Å². The van der Waals surface area contributed by atoms with Crippen molar-refractivity contribution in [3.63, 3.8) is 0 Å². The predicted molar refractivity (Wildman–Crippen MR) is 71.5 cm³/mol. The number of rotatable bonds is 6. The average molecular weight is 256 g/mol. The van der Waals surface area contributed by atoms with Crippen LogP contribution in [0.4, 0.5) is 0 Å². The van der Waals surface area contributed by atoms with Gasteiger partial charge in [0.1, 0.15) is 0 Å². The van der Waals surface area contributed by atoms with Crippen LogP contribution in [-0.2, 0) is 13.5 Å². The molecular weight excluding hydrogens is 234 g/mol. The molecule has 0 spiro atoms. The maximum absolute atomic E-state index is 6.31. The number of hydrogen-bond donors (Lipinski definition) is 1. The van der Waals surface area contributed by atoms with Crippen molar-refractivity contribution < 1.29 is 0 Å².